The first-order chi connectivity index (χ1) is 15.0. The lowest BCUT2D eigenvalue weighted by Crippen LogP contribution is -2.41. The van der Waals surface area contributed by atoms with Gasteiger partial charge in [-0.25, -0.2) is 0 Å². The summed E-state index contributed by atoms with van der Waals surface area (Å²) in [6.45, 7) is 4.83. The van der Waals surface area contributed by atoms with Crippen molar-refractivity contribution in [1.82, 2.24) is 14.7 Å². The number of benzene rings is 2. The van der Waals surface area contributed by atoms with Crippen LogP contribution in [0.15, 0.2) is 57.8 Å². The van der Waals surface area contributed by atoms with Gasteiger partial charge in [-0.15, -0.1) is 0 Å². The van der Waals surface area contributed by atoms with Crippen molar-refractivity contribution in [2.24, 2.45) is 0 Å². The fourth-order valence-electron chi connectivity index (χ4n) is 3.79. The number of anilines is 1. The summed E-state index contributed by atoms with van der Waals surface area (Å²) in [4.78, 5) is 31.7. The topological polar surface area (TPSA) is 90.5 Å². The Hall–Kier alpha value is -3.78. The third kappa shape index (κ3) is 3.30. The molecule has 0 bridgehead atoms. The van der Waals surface area contributed by atoms with E-state index in [-0.39, 0.29) is 23.8 Å². The third-order valence-corrected chi connectivity index (χ3v) is 5.41. The Morgan fingerprint density at radius 2 is 1.65 bits per heavy atom. The summed E-state index contributed by atoms with van der Waals surface area (Å²) in [5, 5.41) is 4.44. The SMILES string of the molecule is Cc1ccc(-c2noc3nc(C)n(-c4ccc(N5CCOCC5=O)cc4)c(=O)c23)cc1. The quantitative estimate of drug-likeness (QED) is 0.510. The minimum Gasteiger partial charge on any atom is -0.370 e. The molecule has 1 aliphatic rings. The van der Waals surface area contributed by atoms with Crippen LogP contribution in [-0.4, -0.2) is 40.4 Å². The summed E-state index contributed by atoms with van der Waals surface area (Å²) in [6.07, 6.45) is 0. The van der Waals surface area contributed by atoms with Crippen molar-refractivity contribution in [2.45, 2.75) is 13.8 Å². The van der Waals surface area contributed by atoms with Gasteiger partial charge in [0, 0.05) is 17.8 Å². The summed E-state index contributed by atoms with van der Waals surface area (Å²) < 4.78 is 12.1. The van der Waals surface area contributed by atoms with Gasteiger partial charge in [-0.2, -0.15) is 4.98 Å². The minimum absolute atomic E-state index is 0.0795. The number of amides is 1. The van der Waals surface area contributed by atoms with Crippen LogP contribution in [0, 0.1) is 13.8 Å². The number of hydrogen-bond acceptors (Lipinski definition) is 6. The number of nitrogens with zero attached hydrogens (tertiary/aromatic N) is 4. The van der Waals surface area contributed by atoms with Crippen molar-refractivity contribution >= 4 is 22.7 Å². The van der Waals surface area contributed by atoms with Gasteiger partial charge in [0.15, 0.2) is 0 Å². The molecule has 4 aromatic rings. The first kappa shape index (κ1) is 19.2. The molecule has 1 aliphatic heterocycles. The van der Waals surface area contributed by atoms with E-state index >= 15 is 0 Å². The molecule has 156 valence electrons. The monoisotopic (exact) mass is 416 g/mol. The molecule has 8 heteroatoms. The second-order valence-corrected chi connectivity index (χ2v) is 7.49. The lowest BCUT2D eigenvalue weighted by atomic mass is 10.1. The zero-order valence-corrected chi connectivity index (χ0v) is 17.2. The Labute approximate surface area is 177 Å². The van der Waals surface area contributed by atoms with Crippen molar-refractivity contribution in [3.8, 4) is 16.9 Å². The van der Waals surface area contributed by atoms with Crippen molar-refractivity contribution in [2.75, 3.05) is 24.7 Å². The highest BCUT2D eigenvalue weighted by Crippen LogP contribution is 2.26. The largest absolute Gasteiger partial charge is 0.370 e. The number of aromatic nitrogens is 3. The number of morpholine rings is 1. The number of rotatable bonds is 3. The van der Waals surface area contributed by atoms with Gasteiger partial charge in [0.05, 0.1) is 12.3 Å². The molecule has 8 nitrogen and oxygen atoms in total. The smallest absolute Gasteiger partial charge is 0.271 e. The van der Waals surface area contributed by atoms with E-state index in [9.17, 15) is 9.59 Å². The molecular weight excluding hydrogens is 396 g/mol. The van der Waals surface area contributed by atoms with Crippen LogP contribution in [0.1, 0.15) is 11.4 Å². The standard InChI is InChI=1S/C23H20N4O4/c1-14-3-5-16(6-4-14)21-20-22(31-25-21)24-15(2)27(23(20)29)18-9-7-17(8-10-18)26-11-12-30-13-19(26)28/h3-10H,11-13H2,1-2H3. The molecule has 0 N–H and O–H groups in total. The molecular formula is C23H20N4O4. The van der Waals surface area contributed by atoms with Crippen molar-refractivity contribution in [3.63, 3.8) is 0 Å². The van der Waals surface area contributed by atoms with Gasteiger partial charge in [0.2, 0.25) is 0 Å². The van der Waals surface area contributed by atoms with Crippen LogP contribution in [0.3, 0.4) is 0 Å². The lowest BCUT2D eigenvalue weighted by molar-refractivity contribution is -0.125. The van der Waals surface area contributed by atoms with Crippen LogP contribution >= 0.6 is 0 Å². The molecule has 3 heterocycles. The number of carbonyl (C=O) groups is 1. The normalized spacial score (nSPS) is 14.4. The molecule has 1 saturated heterocycles. The van der Waals surface area contributed by atoms with E-state index in [0.717, 1.165) is 16.8 Å². The van der Waals surface area contributed by atoms with Crippen LogP contribution in [-0.2, 0) is 9.53 Å². The molecule has 0 spiro atoms. The van der Waals surface area contributed by atoms with E-state index in [1.807, 2.05) is 43.3 Å². The first-order valence-corrected chi connectivity index (χ1v) is 9.97. The van der Waals surface area contributed by atoms with Crippen LogP contribution in [0.4, 0.5) is 5.69 Å². The Morgan fingerprint density at radius 3 is 2.35 bits per heavy atom. The van der Waals surface area contributed by atoms with Crippen molar-refractivity contribution in [3.05, 3.63) is 70.3 Å². The number of fused-ring (bicyclic) bond motifs is 1. The zero-order valence-electron chi connectivity index (χ0n) is 17.2. The first-order valence-electron chi connectivity index (χ1n) is 9.97. The van der Waals surface area contributed by atoms with E-state index in [2.05, 4.69) is 10.1 Å². The predicted molar refractivity (Wildman–Crippen MR) is 115 cm³/mol. The summed E-state index contributed by atoms with van der Waals surface area (Å²) in [7, 11) is 0. The van der Waals surface area contributed by atoms with Gasteiger partial charge in [0.25, 0.3) is 17.2 Å². The zero-order chi connectivity index (χ0) is 21.5. The van der Waals surface area contributed by atoms with Gasteiger partial charge in [-0.1, -0.05) is 35.0 Å². The fourth-order valence-corrected chi connectivity index (χ4v) is 3.79. The number of hydrogen-bond donors (Lipinski definition) is 0. The fraction of sp³-hybridized carbons (Fsp3) is 0.217. The second kappa shape index (κ2) is 7.48. The van der Waals surface area contributed by atoms with E-state index in [0.29, 0.717) is 35.7 Å². The van der Waals surface area contributed by atoms with Gasteiger partial charge in [-0.3, -0.25) is 14.2 Å². The maximum Gasteiger partial charge on any atom is 0.271 e. The van der Waals surface area contributed by atoms with Crippen molar-refractivity contribution in [1.29, 1.82) is 0 Å². The number of aryl methyl sites for hydroxylation is 2. The Bertz CT molecular complexity index is 1340. The summed E-state index contributed by atoms with van der Waals surface area (Å²) in [5.74, 6) is 0.405. The highest BCUT2D eigenvalue weighted by molar-refractivity contribution is 5.95. The minimum atomic E-state index is -0.255. The highest BCUT2D eigenvalue weighted by atomic mass is 16.5. The summed E-state index contributed by atoms with van der Waals surface area (Å²) in [5.41, 5.74) is 3.75. The van der Waals surface area contributed by atoms with Gasteiger partial charge in [0.1, 0.15) is 23.5 Å². The maximum atomic E-state index is 13.5. The van der Waals surface area contributed by atoms with E-state index < -0.39 is 0 Å². The van der Waals surface area contributed by atoms with E-state index in [1.165, 1.54) is 4.57 Å². The molecule has 0 unspecified atom stereocenters. The Morgan fingerprint density at radius 1 is 0.935 bits per heavy atom. The maximum absolute atomic E-state index is 13.5. The lowest BCUT2D eigenvalue weighted by Gasteiger charge is -2.27. The number of carbonyl (C=O) groups excluding carboxylic acids is 1. The van der Waals surface area contributed by atoms with E-state index in [1.54, 1.807) is 24.0 Å². The van der Waals surface area contributed by atoms with Gasteiger partial charge in [-0.05, 0) is 38.1 Å². The third-order valence-electron chi connectivity index (χ3n) is 5.41. The molecule has 0 saturated carbocycles. The molecule has 1 fully saturated rings. The molecule has 5 rings (SSSR count). The van der Waals surface area contributed by atoms with Gasteiger partial charge >= 0.3 is 0 Å². The molecule has 0 atom stereocenters. The summed E-state index contributed by atoms with van der Waals surface area (Å²) in [6, 6.07) is 15.0. The van der Waals surface area contributed by atoms with Crippen LogP contribution in [0.2, 0.25) is 0 Å². The highest BCUT2D eigenvalue weighted by Gasteiger charge is 2.22. The average molecular weight is 416 g/mol. The molecule has 31 heavy (non-hydrogen) atoms. The second-order valence-electron chi connectivity index (χ2n) is 7.49. The molecule has 2 aromatic heterocycles. The Kier molecular flexibility index (Phi) is 4.63. The van der Waals surface area contributed by atoms with E-state index in [4.69, 9.17) is 9.26 Å². The molecule has 0 radical (unpaired) electrons. The molecule has 1 amide bonds. The summed E-state index contributed by atoms with van der Waals surface area (Å²) >= 11 is 0. The van der Waals surface area contributed by atoms with Crippen molar-refractivity contribution < 1.29 is 14.1 Å². The molecule has 2 aromatic carbocycles. The van der Waals surface area contributed by atoms with Crippen LogP contribution in [0.5, 0.6) is 0 Å². The predicted octanol–water partition coefficient (Wildman–Crippen LogP) is 3.02. The molecule has 0 aliphatic carbocycles. The Balaban J connectivity index is 1.60. The average Bonchev–Trinajstić information content (AvgIpc) is 3.19. The number of ether oxygens (including phenoxy) is 1. The van der Waals surface area contributed by atoms with Gasteiger partial charge < -0.3 is 14.2 Å². The van der Waals surface area contributed by atoms with Crippen LogP contribution < -0.4 is 10.5 Å². The van der Waals surface area contributed by atoms with Crippen LogP contribution in [0.25, 0.3) is 28.0 Å².